The molecule has 0 fully saturated rings. The molecule has 16 heavy (non-hydrogen) atoms. The minimum Gasteiger partial charge on any atom is -0.385 e. The lowest BCUT2D eigenvalue weighted by atomic mass is 10.1. The molecule has 3 heteroatoms. The smallest absolute Gasteiger partial charge is 0.101 e. The van der Waals surface area contributed by atoms with Crippen molar-refractivity contribution in [3.8, 4) is 6.07 Å². The van der Waals surface area contributed by atoms with Gasteiger partial charge in [-0.2, -0.15) is 5.26 Å². The van der Waals surface area contributed by atoms with E-state index in [0.29, 0.717) is 0 Å². The molecule has 0 atom stereocenters. The second-order valence-electron chi connectivity index (χ2n) is 3.90. The van der Waals surface area contributed by atoms with Crippen molar-refractivity contribution in [2.24, 2.45) is 0 Å². The van der Waals surface area contributed by atoms with Crippen LogP contribution in [0.3, 0.4) is 0 Å². The van der Waals surface area contributed by atoms with Crippen molar-refractivity contribution in [2.75, 3.05) is 32.2 Å². The molecule has 0 aromatic heterocycles. The zero-order valence-electron chi connectivity index (χ0n) is 10.2. The quantitative estimate of drug-likeness (QED) is 0.712. The highest BCUT2D eigenvalue weighted by atomic mass is 16.5. The molecule has 0 N–H and O–H groups in total. The van der Waals surface area contributed by atoms with E-state index in [1.54, 1.807) is 7.11 Å². The van der Waals surface area contributed by atoms with Gasteiger partial charge in [-0.1, -0.05) is 6.07 Å². The molecule has 1 aromatic carbocycles. The second kappa shape index (κ2) is 6.14. The molecular formula is C13H18N2O. The van der Waals surface area contributed by atoms with Crippen LogP contribution in [-0.2, 0) is 4.74 Å². The van der Waals surface area contributed by atoms with Gasteiger partial charge in [0.15, 0.2) is 0 Å². The number of nitriles is 1. The molecule has 0 heterocycles. The van der Waals surface area contributed by atoms with Crippen molar-refractivity contribution in [1.82, 2.24) is 0 Å². The van der Waals surface area contributed by atoms with Crippen molar-refractivity contribution in [3.63, 3.8) is 0 Å². The Kier molecular flexibility index (Phi) is 4.81. The van der Waals surface area contributed by atoms with Gasteiger partial charge in [0.2, 0.25) is 0 Å². The van der Waals surface area contributed by atoms with Crippen molar-refractivity contribution in [3.05, 3.63) is 29.3 Å². The second-order valence-corrected chi connectivity index (χ2v) is 3.90. The molecule has 0 radical (unpaired) electrons. The molecule has 0 spiro atoms. The number of anilines is 1. The van der Waals surface area contributed by atoms with Crippen LogP contribution in [0.15, 0.2) is 18.2 Å². The number of aryl methyl sites for hydroxylation is 1. The first-order chi connectivity index (χ1) is 7.69. The Hall–Kier alpha value is -1.53. The highest BCUT2D eigenvalue weighted by Crippen LogP contribution is 2.20. The van der Waals surface area contributed by atoms with E-state index in [9.17, 15) is 0 Å². The fourth-order valence-electron chi connectivity index (χ4n) is 1.64. The molecule has 3 nitrogen and oxygen atoms in total. The van der Waals surface area contributed by atoms with Crippen LogP contribution in [0.2, 0.25) is 0 Å². The number of hydrogen-bond acceptors (Lipinski definition) is 3. The van der Waals surface area contributed by atoms with Gasteiger partial charge >= 0.3 is 0 Å². The summed E-state index contributed by atoms with van der Waals surface area (Å²) in [6.45, 7) is 3.64. The summed E-state index contributed by atoms with van der Waals surface area (Å²) < 4.78 is 5.01. The largest absolute Gasteiger partial charge is 0.385 e. The number of rotatable bonds is 5. The van der Waals surface area contributed by atoms with E-state index in [1.807, 2.05) is 32.2 Å². The summed E-state index contributed by atoms with van der Waals surface area (Å²) >= 11 is 0. The van der Waals surface area contributed by atoms with Gasteiger partial charge < -0.3 is 9.64 Å². The van der Waals surface area contributed by atoms with Gasteiger partial charge in [0.25, 0.3) is 0 Å². The summed E-state index contributed by atoms with van der Waals surface area (Å²) in [5.74, 6) is 0. The van der Waals surface area contributed by atoms with Crippen LogP contribution in [0.4, 0.5) is 5.69 Å². The normalized spacial score (nSPS) is 9.88. The third-order valence-corrected chi connectivity index (χ3v) is 2.53. The fourth-order valence-corrected chi connectivity index (χ4v) is 1.64. The maximum atomic E-state index is 9.06. The van der Waals surface area contributed by atoms with E-state index in [-0.39, 0.29) is 0 Å². The average Bonchev–Trinajstić information content (AvgIpc) is 2.29. The van der Waals surface area contributed by atoms with E-state index in [2.05, 4.69) is 11.0 Å². The van der Waals surface area contributed by atoms with Crippen LogP contribution >= 0.6 is 0 Å². The van der Waals surface area contributed by atoms with Crippen LogP contribution in [0.1, 0.15) is 17.5 Å². The number of methoxy groups -OCH3 is 1. The molecule has 0 aliphatic carbocycles. The summed E-state index contributed by atoms with van der Waals surface area (Å²) in [4.78, 5) is 2.09. The zero-order chi connectivity index (χ0) is 12.0. The number of ether oxygens (including phenoxy) is 1. The van der Waals surface area contributed by atoms with Crippen LogP contribution in [0.5, 0.6) is 0 Å². The third-order valence-electron chi connectivity index (χ3n) is 2.53. The highest BCUT2D eigenvalue weighted by molar-refractivity contribution is 5.59. The van der Waals surface area contributed by atoms with E-state index in [0.717, 1.165) is 36.4 Å². The van der Waals surface area contributed by atoms with E-state index >= 15 is 0 Å². The van der Waals surface area contributed by atoms with Gasteiger partial charge in [-0.05, 0) is 31.0 Å². The SMILES string of the molecule is COCCCN(C)c1ccc(C)cc1C#N. The fraction of sp³-hybridized carbons (Fsp3) is 0.462. The lowest BCUT2D eigenvalue weighted by Gasteiger charge is -2.20. The van der Waals surface area contributed by atoms with Gasteiger partial charge in [0.05, 0.1) is 11.3 Å². The molecule has 0 saturated carbocycles. The van der Waals surface area contributed by atoms with E-state index in [1.165, 1.54) is 0 Å². The number of benzene rings is 1. The Morgan fingerprint density at radius 1 is 1.44 bits per heavy atom. The summed E-state index contributed by atoms with van der Waals surface area (Å²) in [6, 6.07) is 8.19. The minimum atomic E-state index is 0.736. The van der Waals surface area contributed by atoms with Gasteiger partial charge in [0.1, 0.15) is 6.07 Å². The van der Waals surface area contributed by atoms with Gasteiger partial charge in [-0.25, -0.2) is 0 Å². The minimum absolute atomic E-state index is 0.736. The Balaban J connectivity index is 2.75. The standard InChI is InChI=1S/C13H18N2O/c1-11-5-6-13(12(9-11)10-14)15(2)7-4-8-16-3/h5-6,9H,4,7-8H2,1-3H3. The first-order valence-electron chi connectivity index (χ1n) is 5.40. The van der Waals surface area contributed by atoms with E-state index in [4.69, 9.17) is 10.00 Å². The maximum Gasteiger partial charge on any atom is 0.101 e. The number of hydrogen-bond donors (Lipinski definition) is 0. The van der Waals surface area contributed by atoms with Crippen LogP contribution in [0, 0.1) is 18.3 Å². The van der Waals surface area contributed by atoms with Gasteiger partial charge in [0, 0.05) is 27.3 Å². The van der Waals surface area contributed by atoms with Crippen LogP contribution in [-0.4, -0.2) is 27.3 Å². The Bertz CT molecular complexity index is 382. The molecule has 86 valence electrons. The Morgan fingerprint density at radius 2 is 2.19 bits per heavy atom. The molecule has 0 saturated heterocycles. The molecule has 0 unspecified atom stereocenters. The summed E-state index contributed by atoms with van der Waals surface area (Å²) in [7, 11) is 3.70. The summed E-state index contributed by atoms with van der Waals surface area (Å²) in [5.41, 5.74) is 2.84. The summed E-state index contributed by atoms with van der Waals surface area (Å²) in [5, 5.41) is 9.06. The maximum absolute atomic E-state index is 9.06. The predicted molar refractivity (Wildman–Crippen MR) is 65.7 cm³/mol. The zero-order valence-corrected chi connectivity index (χ0v) is 10.2. The lowest BCUT2D eigenvalue weighted by Crippen LogP contribution is -2.20. The first kappa shape index (κ1) is 12.5. The van der Waals surface area contributed by atoms with Crippen LogP contribution < -0.4 is 4.90 Å². The molecule has 0 aliphatic heterocycles. The predicted octanol–water partition coefficient (Wildman–Crippen LogP) is 2.34. The molecule has 0 bridgehead atoms. The first-order valence-corrected chi connectivity index (χ1v) is 5.40. The van der Waals surface area contributed by atoms with Crippen molar-refractivity contribution >= 4 is 5.69 Å². The highest BCUT2D eigenvalue weighted by Gasteiger charge is 2.06. The molecule has 1 rings (SSSR count). The molecule has 0 aliphatic rings. The summed E-state index contributed by atoms with van der Waals surface area (Å²) in [6.07, 6.45) is 0.964. The topological polar surface area (TPSA) is 36.3 Å². The average molecular weight is 218 g/mol. The molecular weight excluding hydrogens is 200 g/mol. The lowest BCUT2D eigenvalue weighted by molar-refractivity contribution is 0.196. The van der Waals surface area contributed by atoms with Crippen LogP contribution in [0.25, 0.3) is 0 Å². The van der Waals surface area contributed by atoms with Crippen molar-refractivity contribution in [2.45, 2.75) is 13.3 Å². The van der Waals surface area contributed by atoms with Crippen molar-refractivity contribution < 1.29 is 4.74 Å². The van der Waals surface area contributed by atoms with Gasteiger partial charge in [-0.3, -0.25) is 0 Å². The van der Waals surface area contributed by atoms with Crippen molar-refractivity contribution in [1.29, 1.82) is 5.26 Å². The Morgan fingerprint density at radius 3 is 2.81 bits per heavy atom. The monoisotopic (exact) mass is 218 g/mol. The number of nitrogens with zero attached hydrogens (tertiary/aromatic N) is 2. The van der Waals surface area contributed by atoms with Gasteiger partial charge in [-0.15, -0.1) is 0 Å². The third kappa shape index (κ3) is 3.25. The molecule has 0 amide bonds. The van der Waals surface area contributed by atoms with E-state index < -0.39 is 0 Å². The Labute approximate surface area is 97.3 Å². The molecule has 1 aromatic rings.